The Morgan fingerprint density at radius 3 is 2.77 bits per heavy atom. The molecule has 0 bridgehead atoms. The summed E-state index contributed by atoms with van der Waals surface area (Å²) in [6.45, 7) is 1.11. The molecule has 0 atom stereocenters. The van der Waals surface area contributed by atoms with E-state index in [-0.39, 0.29) is 23.2 Å². The second kappa shape index (κ2) is 4.83. The van der Waals surface area contributed by atoms with Crippen LogP contribution in [0.1, 0.15) is 17.0 Å². The predicted octanol–water partition coefficient (Wildman–Crippen LogP) is 1.85. The van der Waals surface area contributed by atoms with Gasteiger partial charge in [0.05, 0.1) is 11.9 Å². The fourth-order valence-electron chi connectivity index (χ4n) is 2.19. The third kappa shape index (κ3) is 2.25. The van der Waals surface area contributed by atoms with E-state index in [1.807, 2.05) is 0 Å². The summed E-state index contributed by atoms with van der Waals surface area (Å²) >= 11 is 1.11. The van der Waals surface area contributed by atoms with Crippen molar-refractivity contribution in [2.24, 2.45) is 0 Å². The normalized spacial score (nSPS) is 12.2. The van der Waals surface area contributed by atoms with Gasteiger partial charge in [0, 0.05) is 11.3 Å². The largest absolute Gasteiger partial charge is 0.435 e. The molecule has 116 valence electrons. The van der Waals surface area contributed by atoms with E-state index < -0.39 is 23.1 Å². The Hall–Kier alpha value is -2.36. The molecule has 0 radical (unpaired) electrons. The van der Waals surface area contributed by atoms with Gasteiger partial charge in [0.25, 0.3) is 5.56 Å². The number of alkyl halides is 3. The molecule has 10 heteroatoms. The summed E-state index contributed by atoms with van der Waals surface area (Å²) in [5.41, 5.74) is -2.29. The zero-order chi connectivity index (χ0) is 16.1. The van der Waals surface area contributed by atoms with Crippen LogP contribution >= 0.6 is 11.3 Å². The van der Waals surface area contributed by atoms with Gasteiger partial charge in [0.1, 0.15) is 4.83 Å². The molecule has 0 aliphatic rings. The fraction of sp³-hybridized carbons (Fsp3) is 0.250. The number of hydrogen-bond donors (Lipinski definition) is 2. The lowest BCUT2D eigenvalue weighted by molar-refractivity contribution is -0.141. The highest BCUT2D eigenvalue weighted by atomic mass is 32.1. The van der Waals surface area contributed by atoms with Crippen molar-refractivity contribution < 1.29 is 13.2 Å². The summed E-state index contributed by atoms with van der Waals surface area (Å²) in [7, 11) is 0. The first-order valence-electron chi connectivity index (χ1n) is 6.10. The highest BCUT2D eigenvalue weighted by Gasteiger charge is 2.37. The van der Waals surface area contributed by atoms with Crippen molar-refractivity contribution in [3.63, 3.8) is 0 Å². The molecule has 0 spiro atoms. The number of fused-ring (bicyclic) bond motifs is 1. The van der Waals surface area contributed by atoms with Gasteiger partial charge in [-0.3, -0.25) is 19.4 Å². The van der Waals surface area contributed by atoms with Crippen LogP contribution in [0.3, 0.4) is 0 Å². The Bertz CT molecular complexity index is 963. The van der Waals surface area contributed by atoms with Crippen LogP contribution in [-0.2, 0) is 12.7 Å². The van der Waals surface area contributed by atoms with Gasteiger partial charge >= 0.3 is 11.9 Å². The van der Waals surface area contributed by atoms with E-state index in [2.05, 4.69) is 15.2 Å². The van der Waals surface area contributed by atoms with Crippen molar-refractivity contribution in [1.82, 2.24) is 19.7 Å². The number of aromatic amines is 2. The standard InChI is InChI=1S/C12H9F3N4O2S/c1-5-7(8(18-17-5)12(13,14)15)4-19-10-6(2-3-22-10)9(20)16-11(19)21/h2-3H,4H2,1H3,(H,17,18)(H,16,20,21). The quantitative estimate of drug-likeness (QED) is 0.752. The lowest BCUT2D eigenvalue weighted by Crippen LogP contribution is -2.30. The molecule has 22 heavy (non-hydrogen) atoms. The van der Waals surface area contributed by atoms with E-state index in [1.54, 1.807) is 5.38 Å². The number of rotatable bonds is 2. The van der Waals surface area contributed by atoms with Gasteiger partial charge < -0.3 is 0 Å². The van der Waals surface area contributed by atoms with Gasteiger partial charge in [-0.25, -0.2) is 4.79 Å². The topological polar surface area (TPSA) is 83.5 Å². The third-order valence-electron chi connectivity index (χ3n) is 3.26. The summed E-state index contributed by atoms with van der Waals surface area (Å²) in [6.07, 6.45) is -4.62. The molecule has 0 amide bonds. The zero-order valence-electron chi connectivity index (χ0n) is 11.1. The first-order chi connectivity index (χ1) is 10.3. The van der Waals surface area contributed by atoms with E-state index in [0.29, 0.717) is 4.83 Å². The first-order valence-corrected chi connectivity index (χ1v) is 6.98. The number of H-pyrrole nitrogens is 2. The van der Waals surface area contributed by atoms with Crippen LogP contribution in [0.15, 0.2) is 21.0 Å². The molecule has 0 aromatic carbocycles. The number of thiophene rings is 1. The number of aryl methyl sites for hydroxylation is 1. The van der Waals surface area contributed by atoms with E-state index in [9.17, 15) is 22.8 Å². The minimum atomic E-state index is -4.62. The molecule has 0 fully saturated rings. The lowest BCUT2D eigenvalue weighted by Gasteiger charge is -2.10. The molecule has 3 aromatic heterocycles. The van der Waals surface area contributed by atoms with Gasteiger partial charge in [-0.15, -0.1) is 11.3 Å². The number of nitrogens with one attached hydrogen (secondary N) is 2. The van der Waals surface area contributed by atoms with E-state index in [1.165, 1.54) is 13.0 Å². The van der Waals surface area contributed by atoms with Crippen LogP contribution in [-0.4, -0.2) is 19.7 Å². The van der Waals surface area contributed by atoms with Gasteiger partial charge in [-0.1, -0.05) is 0 Å². The Morgan fingerprint density at radius 1 is 1.36 bits per heavy atom. The van der Waals surface area contributed by atoms with Crippen LogP contribution in [0, 0.1) is 6.92 Å². The molecule has 0 saturated carbocycles. The Kier molecular flexibility index (Phi) is 3.20. The maximum atomic E-state index is 13.0. The summed E-state index contributed by atoms with van der Waals surface area (Å²) in [5, 5.41) is 7.41. The molecule has 2 N–H and O–H groups in total. The monoisotopic (exact) mass is 330 g/mol. The SMILES string of the molecule is Cc1[nH]nc(C(F)(F)F)c1Cn1c(=O)[nH]c(=O)c2ccsc21. The second-order valence-electron chi connectivity index (χ2n) is 4.66. The van der Waals surface area contributed by atoms with Crippen molar-refractivity contribution in [3.8, 4) is 0 Å². The van der Waals surface area contributed by atoms with Gasteiger partial charge in [-0.05, 0) is 18.4 Å². The van der Waals surface area contributed by atoms with Crippen molar-refractivity contribution in [2.45, 2.75) is 19.6 Å². The third-order valence-corrected chi connectivity index (χ3v) is 4.19. The van der Waals surface area contributed by atoms with Crippen LogP contribution in [0.2, 0.25) is 0 Å². The Labute approximate surface area is 124 Å². The lowest BCUT2D eigenvalue weighted by atomic mass is 10.2. The minimum Gasteiger partial charge on any atom is -0.282 e. The molecular weight excluding hydrogens is 321 g/mol. The Morgan fingerprint density at radius 2 is 2.09 bits per heavy atom. The molecule has 0 saturated heterocycles. The molecule has 3 rings (SSSR count). The molecule has 0 unspecified atom stereocenters. The highest BCUT2D eigenvalue weighted by Crippen LogP contribution is 2.32. The molecule has 0 aliphatic heterocycles. The number of halogens is 3. The average molecular weight is 330 g/mol. The highest BCUT2D eigenvalue weighted by molar-refractivity contribution is 7.16. The smallest absolute Gasteiger partial charge is 0.282 e. The van der Waals surface area contributed by atoms with Crippen molar-refractivity contribution >= 4 is 21.6 Å². The minimum absolute atomic E-state index is 0.128. The van der Waals surface area contributed by atoms with E-state index in [4.69, 9.17) is 0 Å². The summed E-state index contributed by atoms with van der Waals surface area (Å²) < 4.78 is 40.0. The number of hydrogen-bond acceptors (Lipinski definition) is 4. The van der Waals surface area contributed by atoms with Gasteiger partial charge in [-0.2, -0.15) is 18.3 Å². The maximum Gasteiger partial charge on any atom is 0.435 e. The zero-order valence-corrected chi connectivity index (χ0v) is 11.9. The predicted molar refractivity (Wildman–Crippen MR) is 74.1 cm³/mol. The van der Waals surface area contributed by atoms with Crippen molar-refractivity contribution in [2.75, 3.05) is 0 Å². The second-order valence-corrected chi connectivity index (χ2v) is 5.55. The summed E-state index contributed by atoms with van der Waals surface area (Å²) in [6, 6.07) is 1.52. The van der Waals surface area contributed by atoms with Crippen molar-refractivity contribution in [1.29, 1.82) is 0 Å². The Balaban J connectivity index is 2.21. The van der Waals surface area contributed by atoms with Crippen LogP contribution < -0.4 is 11.2 Å². The van der Waals surface area contributed by atoms with Crippen LogP contribution in [0.4, 0.5) is 13.2 Å². The average Bonchev–Trinajstić information content (AvgIpc) is 3.01. The first kappa shape index (κ1) is 14.6. The van der Waals surface area contributed by atoms with E-state index >= 15 is 0 Å². The van der Waals surface area contributed by atoms with Crippen LogP contribution in [0.25, 0.3) is 10.2 Å². The van der Waals surface area contributed by atoms with Gasteiger partial charge in [0.2, 0.25) is 0 Å². The number of aromatic nitrogens is 4. The molecule has 6 nitrogen and oxygen atoms in total. The van der Waals surface area contributed by atoms with Crippen LogP contribution in [0.5, 0.6) is 0 Å². The maximum absolute atomic E-state index is 13.0. The van der Waals surface area contributed by atoms with Crippen molar-refractivity contribution in [3.05, 3.63) is 49.2 Å². The molecule has 3 aromatic rings. The van der Waals surface area contributed by atoms with Gasteiger partial charge in [0.15, 0.2) is 5.69 Å². The molecular formula is C12H9F3N4O2S. The molecule has 3 heterocycles. The fourth-order valence-corrected chi connectivity index (χ4v) is 3.08. The summed E-state index contributed by atoms with van der Waals surface area (Å²) in [5.74, 6) is 0. The summed E-state index contributed by atoms with van der Waals surface area (Å²) in [4.78, 5) is 26.0. The molecule has 0 aliphatic carbocycles. The van der Waals surface area contributed by atoms with E-state index in [0.717, 1.165) is 15.9 Å². The number of nitrogens with zero attached hydrogens (tertiary/aromatic N) is 2.